The number of nitrogens with zero attached hydrogens (tertiary/aromatic N) is 2. The molecule has 0 unspecified atom stereocenters. The zero-order chi connectivity index (χ0) is 24.2. The summed E-state index contributed by atoms with van der Waals surface area (Å²) in [5, 5.41) is 8.80. The van der Waals surface area contributed by atoms with E-state index in [1.54, 1.807) is 18.2 Å². The van der Waals surface area contributed by atoms with E-state index in [4.69, 9.17) is 27.9 Å². The Balaban J connectivity index is 1.42. The van der Waals surface area contributed by atoms with Crippen LogP contribution in [0.2, 0.25) is 10.0 Å². The molecule has 0 aliphatic rings. The number of rotatable bonds is 7. The van der Waals surface area contributed by atoms with E-state index < -0.39 is 0 Å². The normalized spacial score (nSPS) is 10.9. The highest BCUT2D eigenvalue weighted by atomic mass is 79.9. The monoisotopic (exact) mass is 557 g/mol. The third kappa shape index (κ3) is 5.63. The molecule has 4 aromatic rings. The number of hydrogen-bond donors (Lipinski definition) is 1. The molecule has 0 atom stereocenters. The lowest BCUT2D eigenvalue weighted by atomic mass is 10.1. The second-order valence-corrected chi connectivity index (χ2v) is 9.54. The van der Waals surface area contributed by atoms with Gasteiger partial charge < -0.3 is 10.1 Å². The van der Waals surface area contributed by atoms with Crippen LogP contribution in [0.3, 0.4) is 0 Å². The zero-order valence-electron chi connectivity index (χ0n) is 18.6. The van der Waals surface area contributed by atoms with Crippen molar-refractivity contribution in [1.29, 1.82) is 0 Å². The largest absolute Gasteiger partial charge is 0.487 e. The minimum Gasteiger partial charge on any atom is -0.487 e. The number of benzene rings is 3. The minimum atomic E-state index is -0.202. The second-order valence-electron chi connectivity index (χ2n) is 7.81. The Morgan fingerprint density at radius 3 is 2.47 bits per heavy atom. The van der Waals surface area contributed by atoms with Crippen molar-refractivity contribution in [2.45, 2.75) is 27.0 Å². The number of carbonyl (C=O) groups is 1. The summed E-state index contributed by atoms with van der Waals surface area (Å²) < 4.78 is 8.53. The van der Waals surface area contributed by atoms with Gasteiger partial charge in [0.25, 0.3) is 5.91 Å². The van der Waals surface area contributed by atoms with E-state index in [-0.39, 0.29) is 5.91 Å². The van der Waals surface area contributed by atoms with Crippen molar-refractivity contribution in [2.24, 2.45) is 0 Å². The topological polar surface area (TPSA) is 56.2 Å². The number of ether oxygens (including phenoxy) is 1. The summed E-state index contributed by atoms with van der Waals surface area (Å²) in [7, 11) is 0. The number of amides is 1. The van der Waals surface area contributed by atoms with Gasteiger partial charge in [0, 0.05) is 15.1 Å². The van der Waals surface area contributed by atoms with E-state index in [1.165, 1.54) is 0 Å². The summed E-state index contributed by atoms with van der Waals surface area (Å²) in [5.74, 6) is 0.401. The van der Waals surface area contributed by atoms with Crippen LogP contribution in [0, 0.1) is 13.8 Å². The SMILES string of the molecule is Cc1nn(Cc2ccccc2Cl)c(C)c1NC(=O)c1ccc(COc2ccc(Br)cc2Cl)cc1. The molecule has 1 aromatic heterocycles. The van der Waals surface area contributed by atoms with Crippen LogP contribution in [-0.2, 0) is 13.2 Å². The highest BCUT2D eigenvalue weighted by Crippen LogP contribution is 2.28. The van der Waals surface area contributed by atoms with Crippen molar-refractivity contribution in [3.63, 3.8) is 0 Å². The summed E-state index contributed by atoms with van der Waals surface area (Å²) in [5.41, 5.74) is 4.75. The van der Waals surface area contributed by atoms with Gasteiger partial charge in [-0.2, -0.15) is 5.10 Å². The number of carbonyl (C=O) groups excluding carboxylic acids is 1. The summed E-state index contributed by atoms with van der Waals surface area (Å²) in [6.45, 7) is 4.68. The third-order valence-electron chi connectivity index (χ3n) is 5.40. The predicted octanol–water partition coefficient (Wildman–Crippen LogP) is 7.45. The predicted molar refractivity (Wildman–Crippen MR) is 140 cm³/mol. The molecule has 0 aliphatic heterocycles. The van der Waals surface area contributed by atoms with Crippen molar-refractivity contribution in [3.8, 4) is 5.75 Å². The first kappa shape index (κ1) is 24.3. The number of anilines is 1. The number of halogens is 3. The molecule has 0 bridgehead atoms. The van der Waals surface area contributed by atoms with Crippen LogP contribution in [0.15, 0.2) is 71.2 Å². The zero-order valence-corrected chi connectivity index (χ0v) is 21.7. The number of nitrogens with one attached hydrogen (secondary N) is 1. The molecule has 34 heavy (non-hydrogen) atoms. The van der Waals surface area contributed by atoms with Crippen molar-refractivity contribution in [3.05, 3.63) is 109 Å². The Morgan fingerprint density at radius 2 is 1.76 bits per heavy atom. The van der Waals surface area contributed by atoms with Crippen LogP contribution in [0.4, 0.5) is 5.69 Å². The van der Waals surface area contributed by atoms with Gasteiger partial charge >= 0.3 is 0 Å². The molecule has 8 heteroatoms. The van der Waals surface area contributed by atoms with Gasteiger partial charge in [0.1, 0.15) is 12.4 Å². The smallest absolute Gasteiger partial charge is 0.255 e. The average Bonchev–Trinajstić information content (AvgIpc) is 3.07. The number of aromatic nitrogens is 2. The highest BCUT2D eigenvalue weighted by molar-refractivity contribution is 9.10. The lowest BCUT2D eigenvalue weighted by Gasteiger charge is -2.10. The van der Waals surface area contributed by atoms with Crippen molar-refractivity contribution in [1.82, 2.24) is 9.78 Å². The molecular formula is C26H22BrCl2N3O2. The molecule has 5 nitrogen and oxygen atoms in total. The first-order valence-electron chi connectivity index (χ1n) is 10.6. The fourth-order valence-electron chi connectivity index (χ4n) is 3.51. The summed E-state index contributed by atoms with van der Waals surface area (Å²) in [4.78, 5) is 12.9. The van der Waals surface area contributed by atoms with Crippen LogP contribution in [0.1, 0.15) is 32.9 Å². The fourth-order valence-corrected chi connectivity index (χ4v) is 4.43. The maximum atomic E-state index is 12.9. The summed E-state index contributed by atoms with van der Waals surface area (Å²) >= 11 is 15.9. The molecule has 3 aromatic carbocycles. The Labute approximate surface area is 216 Å². The molecule has 1 heterocycles. The molecular weight excluding hydrogens is 537 g/mol. The lowest BCUT2D eigenvalue weighted by molar-refractivity contribution is 0.102. The van der Waals surface area contributed by atoms with Crippen LogP contribution in [0.25, 0.3) is 0 Å². The quantitative estimate of drug-likeness (QED) is 0.256. The van der Waals surface area contributed by atoms with Gasteiger partial charge in [-0.15, -0.1) is 0 Å². The Bertz CT molecular complexity index is 1340. The van der Waals surface area contributed by atoms with Gasteiger partial charge in [-0.3, -0.25) is 9.48 Å². The van der Waals surface area contributed by atoms with Crippen LogP contribution >= 0.6 is 39.1 Å². The Kier molecular flexibility index (Phi) is 7.61. The van der Waals surface area contributed by atoms with Crippen LogP contribution < -0.4 is 10.1 Å². The number of hydrogen-bond acceptors (Lipinski definition) is 3. The van der Waals surface area contributed by atoms with E-state index in [9.17, 15) is 4.79 Å². The van der Waals surface area contributed by atoms with Crippen LogP contribution in [0.5, 0.6) is 5.75 Å². The molecule has 0 fully saturated rings. The first-order valence-corrected chi connectivity index (χ1v) is 12.1. The molecule has 0 radical (unpaired) electrons. The van der Waals surface area contributed by atoms with Gasteiger partial charge in [0.2, 0.25) is 0 Å². The summed E-state index contributed by atoms with van der Waals surface area (Å²) in [6.07, 6.45) is 0. The van der Waals surface area contributed by atoms with E-state index in [2.05, 4.69) is 26.3 Å². The van der Waals surface area contributed by atoms with Crippen molar-refractivity contribution >= 4 is 50.7 Å². The molecule has 0 saturated heterocycles. The lowest BCUT2D eigenvalue weighted by Crippen LogP contribution is -2.13. The van der Waals surface area contributed by atoms with Crippen molar-refractivity contribution < 1.29 is 9.53 Å². The van der Waals surface area contributed by atoms with Gasteiger partial charge in [0.15, 0.2) is 0 Å². The highest BCUT2D eigenvalue weighted by Gasteiger charge is 2.16. The molecule has 0 aliphatic carbocycles. The van der Waals surface area contributed by atoms with Gasteiger partial charge in [-0.25, -0.2) is 0 Å². The summed E-state index contributed by atoms with van der Waals surface area (Å²) in [6, 6.07) is 20.4. The van der Waals surface area contributed by atoms with E-state index >= 15 is 0 Å². The molecule has 174 valence electrons. The van der Waals surface area contributed by atoms with E-state index in [0.717, 1.165) is 27.0 Å². The Morgan fingerprint density at radius 1 is 1.03 bits per heavy atom. The van der Waals surface area contributed by atoms with E-state index in [0.29, 0.717) is 40.2 Å². The molecule has 4 rings (SSSR count). The minimum absolute atomic E-state index is 0.202. The fraction of sp³-hybridized carbons (Fsp3) is 0.154. The van der Waals surface area contributed by atoms with Crippen LogP contribution in [-0.4, -0.2) is 15.7 Å². The van der Waals surface area contributed by atoms with Crippen molar-refractivity contribution in [2.75, 3.05) is 5.32 Å². The third-order valence-corrected chi connectivity index (χ3v) is 6.56. The van der Waals surface area contributed by atoms with E-state index in [1.807, 2.05) is 67.1 Å². The van der Waals surface area contributed by atoms with Gasteiger partial charge in [0.05, 0.1) is 28.6 Å². The second kappa shape index (κ2) is 10.6. The molecule has 1 N–H and O–H groups in total. The Hall–Kier alpha value is -2.80. The molecule has 0 spiro atoms. The standard InChI is InChI=1S/C26H22BrCl2N3O2/c1-16-25(17(2)32(31-16)14-20-5-3-4-6-22(20)28)30-26(33)19-9-7-18(8-10-19)15-34-24-12-11-21(27)13-23(24)29/h3-13H,14-15H2,1-2H3,(H,30,33). The maximum Gasteiger partial charge on any atom is 0.255 e. The molecule has 0 saturated carbocycles. The molecule has 1 amide bonds. The first-order chi connectivity index (χ1) is 16.3. The van der Waals surface area contributed by atoms with Gasteiger partial charge in [-0.1, -0.05) is 69.5 Å². The maximum absolute atomic E-state index is 12.9. The average molecular weight is 559 g/mol. The number of aryl methyl sites for hydroxylation is 1. The van der Waals surface area contributed by atoms with Gasteiger partial charge in [-0.05, 0) is 61.4 Å².